The Kier molecular flexibility index (Phi) is 3.85. The first-order chi connectivity index (χ1) is 8.69. The molecule has 100 valence electrons. The Morgan fingerprint density at radius 3 is 3.11 bits per heavy atom. The Bertz CT molecular complexity index is 393. The van der Waals surface area contributed by atoms with Crippen LogP contribution in [0.25, 0.3) is 0 Å². The van der Waals surface area contributed by atoms with E-state index in [2.05, 4.69) is 10.4 Å². The van der Waals surface area contributed by atoms with Gasteiger partial charge in [0.15, 0.2) is 12.1 Å². The molecule has 0 aromatic heterocycles. The van der Waals surface area contributed by atoms with Gasteiger partial charge in [-0.2, -0.15) is 5.43 Å². The number of nitrogens with zero attached hydrogens (tertiary/aromatic N) is 3. The number of hydrogen-bond donors (Lipinski definition) is 3. The number of ether oxygens (including phenoxy) is 1. The number of rotatable bonds is 3. The van der Waals surface area contributed by atoms with Crippen LogP contribution in [0.2, 0.25) is 0 Å². The van der Waals surface area contributed by atoms with Crippen LogP contribution in [0, 0.1) is 0 Å². The van der Waals surface area contributed by atoms with E-state index in [1.54, 1.807) is 19.3 Å². The topological polar surface area (TPSA) is 86.4 Å². The van der Waals surface area contributed by atoms with Crippen molar-refractivity contribution in [2.24, 2.45) is 10.7 Å². The van der Waals surface area contributed by atoms with Gasteiger partial charge >= 0.3 is 0 Å². The fraction of sp³-hybridized carbons (Fsp3) is 0.545. The molecule has 0 aromatic rings. The molecular weight excluding hydrogens is 234 g/mol. The molecule has 0 bridgehead atoms. The largest absolute Gasteiger partial charge is 0.516 e. The molecule has 2 rings (SSSR count). The predicted molar refractivity (Wildman–Crippen MR) is 68.3 cm³/mol. The van der Waals surface area contributed by atoms with Crippen LogP contribution >= 0.6 is 0 Å². The van der Waals surface area contributed by atoms with Crippen LogP contribution in [-0.2, 0) is 4.74 Å². The number of aliphatic hydroxyl groups is 1. The molecule has 1 fully saturated rings. The summed E-state index contributed by atoms with van der Waals surface area (Å²) < 4.78 is 5.30. The van der Waals surface area contributed by atoms with Crippen LogP contribution in [0.15, 0.2) is 29.1 Å². The minimum atomic E-state index is -0.320. The molecule has 0 unspecified atom stereocenters. The van der Waals surface area contributed by atoms with Gasteiger partial charge in [0.2, 0.25) is 0 Å². The summed E-state index contributed by atoms with van der Waals surface area (Å²) in [6.45, 7) is 3.42. The number of hydrazine groups is 1. The third-order valence-corrected chi connectivity index (χ3v) is 3.02. The third-order valence-electron chi connectivity index (χ3n) is 3.02. The van der Waals surface area contributed by atoms with Gasteiger partial charge in [0.25, 0.3) is 0 Å². The van der Waals surface area contributed by atoms with Crippen molar-refractivity contribution in [2.75, 3.05) is 20.2 Å². The average molecular weight is 253 g/mol. The van der Waals surface area contributed by atoms with Crippen molar-refractivity contribution >= 4 is 5.84 Å². The Labute approximate surface area is 106 Å². The van der Waals surface area contributed by atoms with Crippen LogP contribution < -0.4 is 11.2 Å². The van der Waals surface area contributed by atoms with Crippen LogP contribution in [-0.4, -0.2) is 53.6 Å². The summed E-state index contributed by atoms with van der Waals surface area (Å²) in [5.41, 5.74) is 10.0. The number of amidine groups is 1. The van der Waals surface area contributed by atoms with Crippen molar-refractivity contribution in [1.82, 2.24) is 15.3 Å². The molecule has 2 aliphatic heterocycles. The zero-order chi connectivity index (χ0) is 13.1. The number of nitrogens with two attached hydrogens (primary N) is 1. The van der Waals surface area contributed by atoms with Gasteiger partial charge in [-0.25, -0.2) is 0 Å². The molecule has 2 atom stereocenters. The van der Waals surface area contributed by atoms with E-state index in [4.69, 9.17) is 15.6 Å². The lowest BCUT2D eigenvalue weighted by molar-refractivity contribution is -0.0501. The maximum absolute atomic E-state index is 8.80. The lowest BCUT2D eigenvalue weighted by Gasteiger charge is -2.44. The zero-order valence-corrected chi connectivity index (χ0v) is 10.6. The molecule has 7 nitrogen and oxygen atoms in total. The summed E-state index contributed by atoms with van der Waals surface area (Å²) in [6, 6.07) is 0. The van der Waals surface area contributed by atoms with E-state index >= 15 is 0 Å². The number of fused-ring (bicyclic) bond motifs is 1. The molecule has 4 N–H and O–H groups in total. The van der Waals surface area contributed by atoms with Crippen LogP contribution in [0.4, 0.5) is 0 Å². The summed E-state index contributed by atoms with van der Waals surface area (Å²) in [4.78, 5) is 6.43. The van der Waals surface area contributed by atoms with Gasteiger partial charge in [-0.1, -0.05) is 0 Å². The summed E-state index contributed by atoms with van der Waals surface area (Å²) in [7, 11) is 1.63. The highest BCUT2D eigenvalue weighted by molar-refractivity contribution is 5.99. The molecule has 18 heavy (non-hydrogen) atoms. The monoisotopic (exact) mass is 253 g/mol. The molecule has 0 aliphatic carbocycles. The van der Waals surface area contributed by atoms with Crippen molar-refractivity contribution in [3.8, 4) is 0 Å². The van der Waals surface area contributed by atoms with E-state index in [1.807, 2.05) is 16.8 Å². The van der Waals surface area contributed by atoms with Crippen LogP contribution in [0.5, 0.6) is 0 Å². The Morgan fingerprint density at radius 1 is 1.67 bits per heavy atom. The van der Waals surface area contributed by atoms with E-state index in [1.165, 1.54) is 0 Å². The first-order valence-corrected chi connectivity index (χ1v) is 5.85. The van der Waals surface area contributed by atoms with Gasteiger partial charge in [0.05, 0.1) is 18.5 Å². The van der Waals surface area contributed by atoms with Crippen LogP contribution in [0.1, 0.15) is 6.92 Å². The summed E-state index contributed by atoms with van der Waals surface area (Å²) in [5, 5.41) is 10.6. The lowest BCUT2D eigenvalue weighted by atomic mass is 10.2. The van der Waals surface area contributed by atoms with Gasteiger partial charge in [-0.05, 0) is 19.1 Å². The van der Waals surface area contributed by atoms with Gasteiger partial charge < -0.3 is 14.7 Å². The molecule has 0 spiro atoms. The smallest absolute Gasteiger partial charge is 0.151 e. The Morgan fingerprint density at radius 2 is 2.44 bits per heavy atom. The molecule has 1 saturated heterocycles. The van der Waals surface area contributed by atoms with Gasteiger partial charge in [0.1, 0.15) is 6.23 Å². The highest BCUT2D eigenvalue weighted by atomic mass is 16.5. The molecule has 2 heterocycles. The minimum Gasteiger partial charge on any atom is -0.516 e. The number of methoxy groups -OCH3 is 1. The molecule has 0 amide bonds. The normalized spacial score (nSPS) is 27.8. The summed E-state index contributed by atoms with van der Waals surface area (Å²) >= 11 is 0. The molecule has 0 aromatic carbocycles. The minimum absolute atomic E-state index is 0.195. The molecule has 7 heteroatoms. The first kappa shape index (κ1) is 12.9. The standard InChI is InChI=1S/C11H19N5O2/c1-8(18-2)16-9(4-3-7-17)10-13-5-6-15(10)11(12)14-16/h3-4,7-8,11,14,17H,5-6,12H2,1-2H3/b7-3+,9-4-/t8-,11-/m1/s1. The van der Waals surface area contributed by atoms with E-state index in [0.29, 0.717) is 0 Å². The van der Waals surface area contributed by atoms with Crippen molar-refractivity contribution in [2.45, 2.75) is 19.4 Å². The Balaban J connectivity index is 2.33. The summed E-state index contributed by atoms with van der Waals surface area (Å²) in [5.74, 6) is 0.822. The maximum atomic E-state index is 8.80. The van der Waals surface area contributed by atoms with Gasteiger partial charge in [-0.15, -0.1) is 0 Å². The second-order valence-corrected chi connectivity index (χ2v) is 4.07. The fourth-order valence-corrected chi connectivity index (χ4v) is 2.04. The number of aliphatic hydroxyl groups excluding tert-OH is 1. The lowest BCUT2D eigenvalue weighted by Crippen LogP contribution is -2.66. The third kappa shape index (κ3) is 2.20. The Hall–Kier alpha value is -1.57. The first-order valence-electron chi connectivity index (χ1n) is 5.85. The quantitative estimate of drug-likeness (QED) is 0.599. The van der Waals surface area contributed by atoms with E-state index in [-0.39, 0.29) is 12.5 Å². The van der Waals surface area contributed by atoms with Crippen LogP contribution in [0.3, 0.4) is 0 Å². The zero-order valence-electron chi connectivity index (χ0n) is 10.6. The van der Waals surface area contributed by atoms with Crippen molar-refractivity contribution < 1.29 is 9.84 Å². The molecule has 0 saturated carbocycles. The molecular formula is C11H19N5O2. The van der Waals surface area contributed by atoms with E-state index in [0.717, 1.165) is 30.9 Å². The molecule has 0 radical (unpaired) electrons. The second-order valence-electron chi connectivity index (χ2n) is 4.07. The van der Waals surface area contributed by atoms with Crippen molar-refractivity contribution in [3.05, 3.63) is 24.1 Å². The number of nitrogens with one attached hydrogen (secondary N) is 1. The summed E-state index contributed by atoms with van der Waals surface area (Å²) in [6.07, 6.45) is 3.78. The van der Waals surface area contributed by atoms with Gasteiger partial charge in [0, 0.05) is 13.7 Å². The van der Waals surface area contributed by atoms with Crippen molar-refractivity contribution in [1.29, 1.82) is 0 Å². The average Bonchev–Trinajstić information content (AvgIpc) is 2.86. The molecule has 2 aliphatic rings. The van der Waals surface area contributed by atoms with Gasteiger partial charge in [-0.3, -0.25) is 15.7 Å². The highest BCUT2D eigenvalue weighted by Gasteiger charge is 2.36. The second kappa shape index (κ2) is 5.38. The van der Waals surface area contributed by atoms with Crippen molar-refractivity contribution in [3.63, 3.8) is 0 Å². The maximum Gasteiger partial charge on any atom is 0.151 e. The number of allylic oxidation sites excluding steroid dienone is 2. The number of hydrogen-bond acceptors (Lipinski definition) is 7. The fourth-order valence-electron chi connectivity index (χ4n) is 2.04. The number of aliphatic imine (C=N–C) groups is 1. The van der Waals surface area contributed by atoms with E-state index in [9.17, 15) is 0 Å². The van der Waals surface area contributed by atoms with E-state index < -0.39 is 0 Å². The SMILES string of the molecule is CO[C@H](C)N1N[C@@H](N)N2CCN=C2/C1=C/C=C/O. The predicted octanol–water partition coefficient (Wildman–Crippen LogP) is -0.289. The highest BCUT2D eigenvalue weighted by Crippen LogP contribution is 2.21.